The van der Waals surface area contributed by atoms with E-state index in [4.69, 9.17) is 4.74 Å². The number of nitrogens with zero attached hydrogens (tertiary/aromatic N) is 1. The van der Waals surface area contributed by atoms with Crippen molar-refractivity contribution in [1.82, 2.24) is 0 Å². The molecule has 1 amide bonds. The van der Waals surface area contributed by atoms with Gasteiger partial charge in [0.1, 0.15) is 11.5 Å². The van der Waals surface area contributed by atoms with Crippen LogP contribution in [0.5, 0.6) is 5.75 Å². The van der Waals surface area contributed by atoms with Crippen LogP contribution in [0.15, 0.2) is 59.6 Å². The first-order chi connectivity index (χ1) is 10.5. The van der Waals surface area contributed by atoms with E-state index in [0.717, 1.165) is 0 Å². The van der Waals surface area contributed by atoms with Crippen LogP contribution in [0.3, 0.4) is 0 Å². The third kappa shape index (κ3) is 2.95. The first-order valence-corrected chi connectivity index (χ1v) is 6.63. The summed E-state index contributed by atoms with van der Waals surface area (Å²) in [5.74, 6) is -0.548. The summed E-state index contributed by atoms with van der Waals surface area (Å²) in [6.45, 7) is 0. The third-order valence-electron chi connectivity index (χ3n) is 3.09. The molecule has 2 aromatic rings. The predicted molar refractivity (Wildman–Crippen MR) is 78.8 cm³/mol. The molecule has 1 N–H and O–H groups in total. The van der Waals surface area contributed by atoms with Crippen LogP contribution < -0.4 is 10.1 Å². The molecule has 3 rings (SSSR count). The fraction of sp³-hybridized carbons (Fsp3) is 0.125. The summed E-state index contributed by atoms with van der Waals surface area (Å²) in [6.07, 6.45) is -4.20. The first kappa shape index (κ1) is 14.2. The predicted octanol–water partition coefficient (Wildman–Crippen LogP) is 3.77. The monoisotopic (exact) mass is 302 g/mol. The van der Waals surface area contributed by atoms with Crippen molar-refractivity contribution in [3.05, 3.63) is 54.6 Å². The molecule has 1 heterocycles. The largest absolute Gasteiger partial charge is 0.440 e. The number of rotatable bonds is 3. The van der Waals surface area contributed by atoms with E-state index in [1.807, 2.05) is 0 Å². The number of para-hydroxylation sites is 3. The van der Waals surface area contributed by atoms with E-state index >= 15 is 0 Å². The van der Waals surface area contributed by atoms with E-state index in [1.165, 1.54) is 12.1 Å². The van der Waals surface area contributed by atoms with Gasteiger partial charge in [-0.15, -0.1) is 0 Å². The molecular weight excluding hydrogens is 290 g/mol. The Hall–Kier alpha value is -2.76. The molecule has 0 aliphatic carbocycles. The van der Waals surface area contributed by atoms with Gasteiger partial charge in [0.15, 0.2) is 0 Å². The Morgan fingerprint density at radius 1 is 1.05 bits per heavy atom. The van der Waals surface area contributed by atoms with Crippen molar-refractivity contribution in [1.29, 1.82) is 0 Å². The van der Waals surface area contributed by atoms with Crippen LogP contribution in [0.2, 0.25) is 0 Å². The highest BCUT2D eigenvalue weighted by atomic mass is 19.3. The number of nitrogens with one attached hydrogen (secondary N) is 1. The minimum Gasteiger partial charge on any atom is -0.428 e. The second kappa shape index (κ2) is 5.55. The van der Waals surface area contributed by atoms with E-state index in [1.54, 1.807) is 42.5 Å². The van der Waals surface area contributed by atoms with E-state index in [0.29, 0.717) is 5.69 Å². The molecule has 6 heteroatoms. The van der Waals surface area contributed by atoms with Crippen LogP contribution in [-0.4, -0.2) is 17.7 Å². The summed E-state index contributed by atoms with van der Waals surface area (Å²) in [7, 11) is 0. The molecular formula is C16H12F2N2O2. The molecule has 0 radical (unpaired) electrons. The summed E-state index contributed by atoms with van der Waals surface area (Å²) in [5.41, 5.74) is 0.0523. The normalized spacial score (nSPS) is 14.5. The molecule has 0 spiro atoms. The zero-order chi connectivity index (χ0) is 15.6. The van der Waals surface area contributed by atoms with Crippen molar-refractivity contribution in [2.45, 2.75) is 12.5 Å². The average Bonchev–Trinajstić information content (AvgIpc) is 2.66. The first-order valence-electron chi connectivity index (χ1n) is 6.63. The van der Waals surface area contributed by atoms with E-state index in [9.17, 15) is 13.6 Å². The highest BCUT2D eigenvalue weighted by molar-refractivity contribution is 6.12. The number of amides is 1. The Balaban J connectivity index is 1.95. The quantitative estimate of drug-likeness (QED) is 0.938. The number of carbonyl (C=O) groups is 1. The average molecular weight is 302 g/mol. The summed E-state index contributed by atoms with van der Waals surface area (Å²) in [6, 6.07) is 14.2. The Morgan fingerprint density at radius 2 is 1.73 bits per heavy atom. The fourth-order valence-electron chi connectivity index (χ4n) is 2.07. The maximum absolute atomic E-state index is 14.3. The molecule has 0 atom stereocenters. The number of hydrogen-bond acceptors (Lipinski definition) is 3. The third-order valence-corrected chi connectivity index (χ3v) is 3.09. The Bertz CT molecular complexity index is 730. The number of anilines is 1. The number of benzene rings is 2. The summed E-state index contributed by atoms with van der Waals surface area (Å²) in [5, 5.41) is 2.55. The van der Waals surface area contributed by atoms with E-state index in [2.05, 4.69) is 10.3 Å². The van der Waals surface area contributed by atoms with Gasteiger partial charge in [-0.05, 0) is 24.3 Å². The van der Waals surface area contributed by atoms with Crippen LogP contribution >= 0.6 is 0 Å². The van der Waals surface area contributed by atoms with E-state index in [-0.39, 0.29) is 11.4 Å². The highest BCUT2D eigenvalue weighted by Crippen LogP contribution is 2.32. The second-order valence-corrected chi connectivity index (χ2v) is 4.73. The molecule has 0 bridgehead atoms. The van der Waals surface area contributed by atoms with Gasteiger partial charge < -0.3 is 10.1 Å². The standard InChI is InChI=1S/C16H12F2N2O2/c17-16(18,22-11-6-2-1-3-7-11)14-10-15(21)20-13-9-5-4-8-12(13)19-14/h1-9H,10H2,(H,20,21). The van der Waals surface area contributed by atoms with Gasteiger partial charge in [-0.25, -0.2) is 4.99 Å². The van der Waals surface area contributed by atoms with Gasteiger partial charge in [0.05, 0.1) is 17.8 Å². The van der Waals surface area contributed by atoms with Gasteiger partial charge in [-0.1, -0.05) is 30.3 Å². The molecule has 0 aromatic heterocycles. The van der Waals surface area contributed by atoms with Gasteiger partial charge in [0.25, 0.3) is 0 Å². The molecule has 4 nitrogen and oxygen atoms in total. The minimum atomic E-state index is -3.67. The zero-order valence-electron chi connectivity index (χ0n) is 11.4. The number of fused-ring (bicyclic) bond motifs is 1. The molecule has 0 fully saturated rings. The number of carbonyl (C=O) groups excluding carboxylic acids is 1. The Kier molecular flexibility index (Phi) is 3.58. The Morgan fingerprint density at radius 3 is 2.50 bits per heavy atom. The molecule has 0 saturated heterocycles. The minimum absolute atomic E-state index is 0.00754. The van der Waals surface area contributed by atoms with Crippen molar-refractivity contribution >= 4 is 23.0 Å². The van der Waals surface area contributed by atoms with Crippen molar-refractivity contribution in [2.24, 2.45) is 4.99 Å². The molecule has 22 heavy (non-hydrogen) atoms. The molecule has 1 aliphatic heterocycles. The van der Waals surface area contributed by atoms with Crippen molar-refractivity contribution < 1.29 is 18.3 Å². The van der Waals surface area contributed by atoms with Gasteiger partial charge in [-0.2, -0.15) is 8.78 Å². The maximum Gasteiger partial charge on any atom is 0.440 e. The van der Waals surface area contributed by atoms with Crippen molar-refractivity contribution in [3.8, 4) is 5.75 Å². The lowest BCUT2D eigenvalue weighted by Crippen LogP contribution is -2.37. The number of hydrogen-bond donors (Lipinski definition) is 1. The molecule has 1 aliphatic rings. The molecule has 0 saturated carbocycles. The lowest BCUT2D eigenvalue weighted by Gasteiger charge is -2.18. The van der Waals surface area contributed by atoms with Crippen LogP contribution in [-0.2, 0) is 4.79 Å². The molecule has 112 valence electrons. The Labute approximate surface area is 125 Å². The van der Waals surface area contributed by atoms with Crippen LogP contribution in [0.4, 0.5) is 20.2 Å². The van der Waals surface area contributed by atoms with Gasteiger partial charge >= 0.3 is 6.11 Å². The van der Waals surface area contributed by atoms with Crippen molar-refractivity contribution in [2.75, 3.05) is 5.32 Å². The molecule has 0 unspecified atom stereocenters. The number of ether oxygens (including phenoxy) is 1. The summed E-state index contributed by atoms with van der Waals surface area (Å²) < 4.78 is 33.3. The lowest BCUT2D eigenvalue weighted by molar-refractivity contribution is -0.121. The lowest BCUT2D eigenvalue weighted by atomic mass is 10.2. The highest BCUT2D eigenvalue weighted by Gasteiger charge is 2.41. The van der Waals surface area contributed by atoms with E-state index < -0.39 is 24.1 Å². The van der Waals surface area contributed by atoms with Crippen LogP contribution in [0, 0.1) is 0 Å². The van der Waals surface area contributed by atoms with Crippen LogP contribution in [0.25, 0.3) is 0 Å². The SMILES string of the molecule is O=C1CC(C(F)(F)Oc2ccccc2)=Nc2ccccc2N1. The molecule has 2 aromatic carbocycles. The smallest absolute Gasteiger partial charge is 0.428 e. The number of halogens is 2. The summed E-state index contributed by atoms with van der Waals surface area (Å²) >= 11 is 0. The fourth-order valence-corrected chi connectivity index (χ4v) is 2.07. The zero-order valence-corrected chi connectivity index (χ0v) is 11.4. The number of alkyl halides is 2. The van der Waals surface area contributed by atoms with Crippen LogP contribution in [0.1, 0.15) is 6.42 Å². The van der Waals surface area contributed by atoms with Crippen molar-refractivity contribution in [3.63, 3.8) is 0 Å². The van der Waals surface area contributed by atoms with Gasteiger partial charge in [0.2, 0.25) is 5.91 Å². The maximum atomic E-state index is 14.3. The van der Waals surface area contributed by atoms with Gasteiger partial charge in [-0.3, -0.25) is 4.79 Å². The number of aliphatic imine (C=N–C) groups is 1. The second-order valence-electron chi connectivity index (χ2n) is 4.73. The summed E-state index contributed by atoms with van der Waals surface area (Å²) in [4.78, 5) is 15.7. The topological polar surface area (TPSA) is 50.7 Å². The van der Waals surface area contributed by atoms with Gasteiger partial charge in [0, 0.05) is 0 Å².